The van der Waals surface area contributed by atoms with Crippen LogP contribution in [0.1, 0.15) is 0 Å². The van der Waals surface area contributed by atoms with Gasteiger partial charge in [-0.25, -0.2) is 0 Å². The molecule has 1 saturated heterocycles. The largest absolute Gasteiger partial charge is 0.0724 e. The van der Waals surface area contributed by atoms with Gasteiger partial charge in [0.15, 0.2) is 0 Å². The molecule has 0 amide bonds. The molecule has 5 heteroatoms. The molecule has 1 rings (SSSR count). The van der Waals surface area contributed by atoms with Gasteiger partial charge in [0.25, 0.3) is 0 Å². The zero-order valence-corrected chi connectivity index (χ0v) is 14.8. The molecule has 0 atom stereocenters. The maximum absolute atomic E-state index is 2.62. The van der Waals surface area contributed by atoms with E-state index in [0.717, 1.165) is 0 Å². The standard InChI is InChI=1S/C8H22Si4.Fe/c1-9-5-10(2)7-12(4)8-11(3)6-9;/h9,12H,5-8H2,1-4H3;. The third-order valence-electron chi connectivity index (χ3n) is 2.79. The van der Waals surface area contributed by atoms with Crippen LogP contribution in [-0.4, -0.2) is 35.2 Å². The average Bonchev–Trinajstić information content (AvgIpc) is 1.81. The van der Waals surface area contributed by atoms with E-state index in [1.165, 1.54) is 0 Å². The minimum Gasteiger partial charge on any atom is -0.0724 e. The second-order valence-corrected chi connectivity index (χ2v) is 19.7. The van der Waals surface area contributed by atoms with Gasteiger partial charge in [-0.05, 0) is 0 Å². The molecule has 2 radical (unpaired) electrons. The quantitative estimate of drug-likeness (QED) is 0.598. The van der Waals surface area contributed by atoms with Crippen molar-refractivity contribution in [2.45, 2.75) is 48.9 Å². The Labute approximate surface area is 101 Å². The van der Waals surface area contributed by atoms with Crippen LogP contribution in [0.2, 0.25) is 48.9 Å². The van der Waals surface area contributed by atoms with Crippen molar-refractivity contribution in [3.05, 3.63) is 0 Å². The summed E-state index contributed by atoms with van der Waals surface area (Å²) in [6.07, 6.45) is 0. The third-order valence-corrected chi connectivity index (χ3v) is 25.1. The van der Waals surface area contributed by atoms with Gasteiger partial charge in [-0.15, -0.1) is 0 Å². The zero-order valence-electron chi connectivity index (χ0n) is 9.34. The number of hydrogen-bond acceptors (Lipinski definition) is 0. The maximum atomic E-state index is 2.62. The molecule has 0 aromatic heterocycles. The first kappa shape index (κ1) is 14.4. The molecule has 1 fully saturated rings. The molecule has 1 aliphatic heterocycles. The molecular formula is C8H22FeSi4. The Bertz CT molecular complexity index is 104. The van der Waals surface area contributed by atoms with Gasteiger partial charge in [0.05, 0.1) is 0 Å². The molecule has 0 N–H and O–H groups in total. The summed E-state index contributed by atoms with van der Waals surface area (Å²) in [5.74, 6) is 0. The first-order chi connectivity index (χ1) is 5.58. The van der Waals surface area contributed by atoms with Crippen molar-refractivity contribution >= 4 is 35.2 Å². The average molecular weight is 286 g/mol. The van der Waals surface area contributed by atoms with E-state index >= 15 is 0 Å². The number of rotatable bonds is 0. The molecule has 78 valence electrons. The van der Waals surface area contributed by atoms with Gasteiger partial charge in [-0.1, -0.05) is 48.9 Å². The Kier molecular flexibility index (Phi) is 7.52. The van der Waals surface area contributed by atoms with E-state index in [-0.39, 0.29) is 52.3 Å². The van der Waals surface area contributed by atoms with Gasteiger partial charge in [-0.2, -0.15) is 0 Å². The van der Waals surface area contributed by atoms with Crippen molar-refractivity contribution in [3.8, 4) is 0 Å². The van der Waals surface area contributed by atoms with Crippen LogP contribution in [0.5, 0.6) is 0 Å². The summed E-state index contributed by atoms with van der Waals surface area (Å²) >= 11 is 0. The SMILES string of the molecule is C[Si]1C[SiH](C)C[Si](C)C[SiH](C)C1.[Fe]. The Hall–Kier alpha value is 1.39. The van der Waals surface area contributed by atoms with Gasteiger partial charge >= 0.3 is 0 Å². The van der Waals surface area contributed by atoms with Gasteiger partial charge in [0.1, 0.15) is 0 Å². The predicted octanol–water partition coefficient (Wildman–Crippen LogP) is 2.12. The summed E-state index contributed by atoms with van der Waals surface area (Å²) in [5.41, 5.74) is 7.02. The van der Waals surface area contributed by atoms with Crippen molar-refractivity contribution in [2.75, 3.05) is 0 Å². The van der Waals surface area contributed by atoms with Crippen LogP contribution >= 0.6 is 0 Å². The van der Waals surface area contributed by atoms with Crippen molar-refractivity contribution in [3.63, 3.8) is 0 Å². The first-order valence-electron chi connectivity index (χ1n) is 5.20. The summed E-state index contributed by atoms with van der Waals surface area (Å²) in [6, 6.07) is 0. The number of hydrogen-bond donors (Lipinski definition) is 0. The normalized spacial score (nSPS) is 33.2. The van der Waals surface area contributed by atoms with Crippen LogP contribution in [0.4, 0.5) is 0 Å². The molecule has 1 aliphatic rings. The topological polar surface area (TPSA) is 0 Å². The van der Waals surface area contributed by atoms with Crippen molar-refractivity contribution in [1.29, 1.82) is 0 Å². The Morgan fingerprint density at radius 3 is 1.23 bits per heavy atom. The van der Waals surface area contributed by atoms with Gasteiger partial charge in [-0.3, -0.25) is 0 Å². The fraction of sp³-hybridized carbons (Fsp3) is 1.00. The molecule has 0 spiro atoms. The molecule has 0 nitrogen and oxygen atoms in total. The van der Waals surface area contributed by atoms with Crippen LogP contribution in [0.3, 0.4) is 0 Å². The summed E-state index contributed by atoms with van der Waals surface area (Å²) in [5, 5.41) is 0. The van der Waals surface area contributed by atoms with Gasteiger partial charge in [0.2, 0.25) is 0 Å². The van der Waals surface area contributed by atoms with Crippen LogP contribution in [0.15, 0.2) is 0 Å². The molecule has 13 heavy (non-hydrogen) atoms. The van der Waals surface area contributed by atoms with Crippen LogP contribution < -0.4 is 0 Å². The smallest absolute Gasteiger partial charge is 0.0384 e. The molecule has 0 aromatic rings. The van der Waals surface area contributed by atoms with Crippen LogP contribution in [0.25, 0.3) is 0 Å². The fourth-order valence-electron chi connectivity index (χ4n) is 2.69. The second kappa shape index (κ2) is 6.79. The molecular weight excluding hydrogens is 264 g/mol. The molecule has 0 aromatic carbocycles. The van der Waals surface area contributed by atoms with E-state index in [2.05, 4.69) is 26.2 Å². The Morgan fingerprint density at radius 2 is 1.00 bits per heavy atom. The van der Waals surface area contributed by atoms with E-state index < -0.39 is 0 Å². The summed E-state index contributed by atoms with van der Waals surface area (Å²) in [6.45, 7) is 10.5. The minimum atomic E-state index is -0.199. The van der Waals surface area contributed by atoms with Gasteiger partial charge < -0.3 is 0 Å². The minimum absolute atomic E-state index is 0. The molecule has 0 saturated carbocycles. The zero-order chi connectivity index (χ0) is 9.14. The van der Waals surface area contributed by atoms with E-state index in [4.69, 9.17) is 0 Å². The van der Waals surface area contributed by atoms with Crippen LogP contribution in [-0.2, 0) is 17.1 Å². The maximum Gasteiger partial charge on any atom is 0.0384 e. The van der Waals surface area contributed by atoms with E-state index in [1.54, 1.807) is 22.7 Å². The van der Waals surface area contributed by atoms with Crippen LogP contribution in [0, 0.1) is 0 Å². The van der Waals surface area contributed by atoms with E-state index in [0.29, 0.717) is 0 Å². The first-order valence-corrected chi connectivity index (χ1v) is 15.6. The molecule has 1 heterocycles. The van der Waals surface area contributed by atoms with Crippen molar-refractivity contribution < 1.29 is 17.1 Å². The van der Waals surface area contributed by atoms with E-state index in [9.17, 15) is 0 Å². The third kappa shape index (κ3) is 5.74. The summed E-state index contributed by atoms with van der Waals surface area (Å²) in [4.78, 5) is 0. The molecule has 0 aliphatic carbocycles. The molecule has 0 unspecified atom stereocenters. The van der Waals surface area contributed by atoms with Crippen molar-refractivity contribution in [1.82, 2.24) is 0 Å². The second-order valence-electron chi connectivity index (χ2n) is 4.94. The summed E-state index contributed by atoms with van der Waals surface area (Å²) in [7, 11) is -0.0628. The molecule has 0 bridgehead atoms. The Morgan fingerprint density at radius 1 is 0.769 bits per heavy atom. The fourth-order valence-corrected chi connectivity index (χ4v) is 29.8. The monoisotopic (exact) mass is 286 g/mol. The van der Waals surface area contributed by atoms with E-state index in [1.807, 2.05) is 0 Å². The Balaban J connectivity index is 0.00000144. The predicted molar refractivity (Wildman–Crippen MR) is 68.5 cm³/mol. The summed E-state index contributed by atoms with van der Waals surface area (Å²) < 4.78 is 0. The van der Waals surface area contributed by atoms with Crippen molar-refractivity contribution in [2.24, 2.45) is 0 Å². The van der Waals surface area contributed by atoms with Gasteiger partial charge in [0, 0.05) is 52.3 Å².